The molecule has 1 aromatic heterocycles. The molecule has 0 aliphatic heterocycles. The van der Waals surface area contributed by atoms with Gasteiger partial charge in [-0.15, -0.1) is 0 Å². The van der Waals surface area contributed by atoms with Crippen LogP contribution in [0.25, 0.3) is 11.0 Å². The molecule has 0 radical (unpaired) electrons. The molecule has 0 bridgehead atoms. The van der Waals surface area contributed by atoms with Crippen molar-refractivity contribution >= 4 is 16.8 Å². The minimum absolute atomic E-state index is 0.0131. The van der Waals surface area contributed by atoms with E-state index in [2.05, 4.69) is 25.7 Å². The maximum atomic E-state index is 13.3. The van der Waals surface area contributed by atoms with Gasteiger partial charge in [0.2, 0.25) is 0 Å². The van der Waals surface area contributed by atoms with Crippen LogP contribution in [0.3, 0.4) is 0 Å². The van der Waals surface area contributed by atoms with Crippen LogP contribution in [0.15, 0.2) is 52.9 Å². The molecule has 3 rings (SSSR count). The quantitative estimate of drug-likeness (QED) is 0.268. The van der Waals surface area contributed by atoms with Crippen LogP contribution < -0.4 is 4.74 Å². The second-order valence-corrected chi connectivity index (χ2v) is 7.58. The highest BCUT2D eigenvalue weighted by Gasteiger charge is 2.21. The third-order valence-corrected chi connectivity index (χ3v) is 5.55. The Balaban J connectivity index is 1.70. The highest BCUT2D eigenvalue weighted by Crippen LogP contribution is 2.29. The Labute approximate surface area is 179 Å². The minimum atomic E-state index is 0.0131. The van der Waals surface area contributed by atoms with E-state index in [1.807, 2.05) is 48.5 Å². The van der Waals surface area contributed by atoms with Gasteiger partial charge in [0.1, 0.15) is 17.1 Å². The molecule has 0 amide bonds. The highest BCUT2D eigenvalue weighted by molar-refractivity contribution is 6.16. The zero-order chi connectivity index (χ0) is 21.3. The molecule has 4 heteroatoms. The SMILES string of the molecule is CCCCc1oc2ccccc2c1C(=O)c1ccc(OCCCN(CC)CC)cc1. The van der Waals surface area contributed by atoms with Gasteiger partial charge in [-0.05, 0) is 56.3 Å². The number of nitrogens with zero attached hydrogens (tertiary/aromatic N) is 1. The van der Waals surface area contributed by atoms with E-state index in [0.29, 0.717) is 17.7 Å². The average molecular weight is 408 g/mol. The van der Waals surface area contributed by atoms with Crippen LogP contribution in [0.5, 0.6) is 5.75 Å². The van der Waals surface area contributed by atoms with Crippen LogP contribution in [0.2, 0.25) is 0 Å². The van der Waals surface area contributed by atoms with Crippen LogP contribution in [0.4, 0.5) is 0 Å². The zero-order valence-corrected chi connectivity index (χ0v) is 18.4. The number of carbonyl (C=O) groups is 1. The molecule has 3 aromatic rings. The number of unbranched alkanes of at least 4 members (excludes halogenated alkanes) is 1. The molecule has 0 saturated carbocycles. The highest BCUT2D eigenvalue weighted by atomic mass is 16.5. The van der Waals surface area contributed by atoms with Crippen molar-refractivity contribution in [2.45, 2.75) is 46.5 Å². The lowest BCUT2D eigenvalue weighted by atomic mass is 9.98. The molecule has 1 heterocycles. The second-order valence-electron chi connectivity index (χ2n) is 7.58. The molecule has 0 N–H and O–H groups in total. The average Bonchev–Trinajstić information content (AvgIpc) is 3.16. The van der Waals surface area contributed by atoms with Crippen molar-refractivity contribution in [3.63, 3.8) is 0 Å². The molecule has 30 heavy (non-hydrogen) atoms. The number of fused-ring (bicyclic) bond motifs is 1. The number of carbonyl (C=O) groups excluding carboxylic acids is 1. The smallest absolute Gasteiger partial charge is 0.197 e. The summed E-state index contributed by atoms with van der Waals surface area (Å²) in [6.45, 7) is 10.3. The van der Waals surface area contributed by atoms with Gasteiger partial charge >= 0.3 is 0 Å². The number of hydrogen-bond donors (Lipinski definition) is 0. The summed E-state index contributed by atoms with van der Waals surface area (Å²) in [4.78, 5) is 15.7. The predicted molar refractivity (Wildman–Crippen MR) is 123 cm³/mol. The van der Waals surface area contributed by atoms with E-state index in [1.54, 1.807) is 0 Å². The van der Waals surface area contributed by atoms with Gasteiger partial charge in [-0.2, -0.15) is 0 Å². The fourth-order valence-electron chi connectivity index (χ4n) is 3.72. The van der Waals surface area contributed by atoms with Crippen molar-refractivity contribution < 1.29 is 13.9 Å². The maximum Gasteiger partial charge on any atom is 0.197 e. The Morgan fingerprint density at radius 3 is 2.40 bits per heavy atom. The summed E-state index contributed by atoms with van der Waals surface area (Å²) in [5.41, 5.74) is 2.14. The van der Waals surface area contributed by atoms with Crippen LogP contribution in [-0.2, 0) is 6.42 Å². The Morgan fingerprint density at radius 1 is 0.967 bits per heavy atom. The van der Waals surface area contributed by atoms with Crippen LogP contribution in [-0.4, -0.2) is 36.9 Å². The lowest BCUT2D eigenvalue weighted by molar-refractivity contribution is 0.103. The Bertz CT molecular complexity index is 939. The van der Waals surface area contributed by atoms with Gasteiger partial charge in [0, 0.05) is 23.9 Å². The summed E-state index contributed by atoms with van der Waals surface area (Å²) in [5, 5.41) is 0.894. The van der Waals surface area contributed by atoms with Crippen molar-refractivity contribution in [1.82, 2.24) is 4.90 Å². The van der Waals surface area contributed by atoms with Gasteiger partial charge in [0.05, 0.1) is 12.2 Å². The number of ether oxygens (including phenoxy) is 1. The first-order chi connectivity index (χ1) is 14.7. The molecular formula is C26H33NO3. The van der Waals surface area contributed by atoms with Gasteiger partial charge in [-0.25, -0.2) is 0 Å². The number of hydrogen-bond acceptors (Lipinski definition) is 4. The van der Waals surface area contributed by atoms with Gasteiger partial charge in [0.15, 0.2) is 5.78 Å². The van der Waals surface area contributed by atoms with Gasteiger partial charge in [-0.1, -0.05) is 45.4 Å². The summed E-state index contributed by atoms with van der Waals surface area (Å²) in [6.07, 6.45) is 3.83. The number of furan rings is 1. The van der Waals surface area contributed by atoms with Crippen molar-refractivity contribution in [3.8, 4) is 5.75 Å². The standard InChI is InChI=1S/C26H33NO3/c1-4-7-12-24-25(22-11-8-9-13-23(22)30-24)26(28)20-14-16-21(17-15-20)29-19-10-18-27(5-2)6-3/h8-9,11,13-17H,4-7,10,12,18-19H2,1-3H3. The summed E-state index contributed by atoms with van der Waals surface area (Å²) in [7, 11) is 0. The van der Waals surface area contributed by atoms with Crippen molar-refractivity contribution in [2.75, 3.05) is 26.2 Å². The molecule has 0 spiro atoms. The van der Waals surface area contributed by atoms with Gasteiger partial charge in [0.25, 0.3) is 0 Å². The molecule has 0 atom stereocenters. The number of rotatable bonds is 12. The molecule has 0 aliphatic rings. The minimum Gasteiger partial charge on any atom is -0.494 e. The van der Waals surface area contributed by atoms with Gasteiger partial charge in [-0.3, -0.25) is 4.79 Å². The van der Waals surface area contributed by atoms with Crippen molar-refractivity contribution in [1.29, 1.82) is 0 Å². The lowest BCUT2D eigenvalue weighted by Gasteiger charge is -2.17. The number of benzene rings is 2. The van der Waals surface area contributed by atoms with Crippen molar-refractivity contribution in [3.05, 3.63) is 65.4 Å². The molecule has 2 aromatic carbocycles. The fraction of sp³-hybridized carbons (Fsp3) is 0.423. The fourth-order valence-corrected chi connectivity index (χ4v) is 3.72. The molecular weight excluding hydrogens is 374 g/mol. The van der Waals surface area contributed by atoms with E-state index >= 15 is 0 Å². The number of aryl methyl sites for hydroxylation is 1. The summed E-state index contributed by atoms with van der Waals surface area (Å²) >= 11 is 0. The van der Waals surface area contributed by atoms with Gasteiger partial charge < -0.3 is 14.1 Å². The zero-order valence-electron chi connectivity index (χ0n) is 18.4. The Morgan fingerprint density at radius 2 is 1.70 bits per heavy atom. The van der Waals surface area contributed by atoms with E-state index < -0.39 is 0 Å². The molecule has 0 saturated heterocycles. The van der Waals surface area contributed by atoms with E-state index in [1.165, 1.54) is 0 Å². The maximum absolute atomic E-state index is 13.3. The molecule has 0 fully saturated rings. The summed E-state index contributed by atoms with van der Waals surface area (Å²) in [6, 6.07) is 15.3. The largest absolute Gasteiger partial charge is 0.494 e. The molecule has 0 aliphatic carbocycles. The molecule has 0 unspecified atom stereocenters. The van der Waals surface area contributed by atoms with E-state index in [0.717, 1.165) is 67.8 Å². The Hall–Kier alpha value is -2.59. The topological polar surface area (TPSA) is 42.7 Å². The first kappa shape index (κ1) is 22.1. The predicted octanol–water partition coefficient (Wildman–Crippen LogP) is 6.12. The van der Waals surface area contributed by atoms with Crippen LogP contribution >= 0.6 is 0 Å². The van der Waals surface area contributed by atoms with Crippen LogP contribution in [0.1, 0.15) is 61.7 Å². The Kier molecular flexibility index (Phi) is 8.09. The molecule has 160 valence electrons. The van der Waals surface area contributed by atoms with Crippen LogP contribution in [0, 0.1) is 0 Å². The summed E-state index contributed by atoms with van der Waals surface area (Å²) < 4.78 is 11.9. The van der Waals surface area contributed by atoms with E-state index in [-0.39, 0.29) is 5.78 Å². The first-order valence-corrected chi connectivity index (χ1v) is 11.2. The van der Waals surface area contributed by atoms with E-state index in [9.17, 15) is 4.79 Å². The number of para-hydroxylation sites is 1. The second kappa shape index (κ2) is 11.0. The normalized spacial score (nSPS) is 11.3. The molecule has 4 nitrogen and oxygen atoms in total. The third-order valence-electron chi connectivity index (χ3n) is 5.55. The summed E-state index contributed by atoms with van der Waals surface area (Å²) in [5.74, 6) is 1.60. The van der Waals surface area contributed by atoms with Crippen molar-refractivity contribution in [2.24, 2.45) is 0 Å². The first-order valence-electron chi connectivity index (χ1n) is 11.2. The lowest BCUT2D eigenvalue weighted by Crippen LogP contribution is -2.25. The number of ketones is 1. The third kappa shape index (κ3) is 5.31. The monoisotopic (exact) mass is 407 g/mol. The van der Waals surface area contributed by atoms with E-state index in [4.69, 9.17) is 9.15 Å².